The number of β-amino-alcohol motifs (C(OH)–C–C–N with tert-alkyl or cyclic N) is 1. The number of aryl methyl sites for hydroxylation is 2. The molecule has 2 heterocycles. The van der Waals surface area contributed by atoms with Gasteiger partial charge in [0.15, 0.2) is 0 Å². The molecule has 1 amide bonds. The number of aliphatic hydroxyl groups excluding tert-OH is 1. The molecular weight excluding hydrogens is 366 g/mol. The molecule has 1 atom stereocenters. The number of fused-ring (bicyclic) bond motifs is 1. The normalized spacial score (nSPS) is 18.1. The lowest BCUT2D eigenvalue weighted by Gasteiger charge is -2.37. The third-order valence-electron chi connectivity index (χ3n) is 5.62. The van der Waals surface area contributed by atoms with Crippen molar-refractivity contribution >= 4 is 17.3 Å². The van der Waals surface area contributed by atoms with Gasteiger partial charge in [0.2, 0.25) is 5.91 Å². The molecule has 0 bridgehead atoms. The molecule has 0 aromatic heterocycles. The molecular formula is C23H29N3O3. The minimum atomic E-state index is -0.531. The Morgan fingerprint density at radius 2 is 1.93 bits per heavy atom. The van der Waals surface area contributed by atoms with Gasteiger partial charge in [-0.1, -0.05) is 12.1 Å². The van der Waals surface area contributed by atoms with Crippen molar-refractivity contribution in [1.82, 2.24) is 4.90 Å². The van der Waals surface area contributed by atoms with Gasteiger partial charge < -0.3 is 20.1 Å². The van der Waals surface area contributed by atoms with Crippen LogP contribution in [0.1, 0.15) is 17.5 Å². The van der Waals surface area contributed by atoms with E-state index in [0.717, 1.165) is 49.6 Å². The van der Waals surface area contributed by atoms with Crippen molar-refractivity contribution in [3.63, 3.8) is 0 Å². The topological polar surface area (TPSA) is 65.0 Å². The smallest absolute Gasteiger partial charge is 0.224 e. The number of hydrogen-bond donors (Lipinski definition) is 2. The third kappa shape index (κ3) is 5.08. The standard InChI is InChI=1S/C23H29N3O3/c1-17-3-2-4-19(13-17)26-11-9-25(10-12-26)15-20(27)16-29-21-6-7-22-18(14-21)5-8-23(28)24-22/h2-4,6-7,13-14,20,27H,5,8-12,15-16H2,1H3,(H,24,28). The van der Waals surface area contributed by atoms with Gasteiger partial charge in [-0.05, 0) is 54.8 Å². The highest BCUT2D eigenvalue weighted by Gasteiger charge is 2.20. The van der Waals surface area contributed by atoms with E-state index in [4.69, 9.17) is 4.74 Å². The van der Waals surface area contributed by atoms with Crippen LogP contribution in [0.5, 0.6) is 5.75 Å². The van der Waals surface area contributed by atoms with Crippen LogP contribution in [0.4, 0.5) is 11.4 Å². The van der Waals surface area contributed by atoms with E-state index in [9.17, 15) is 9.90 Å². The van der Waals surface area contributed by atoms with Gasteiger partial charge in [0.25, 0.3) is 0 Å². The molecule has 2 aliphatic rings. The fraction of sp³-hybridized carbons (Fsp3) is 0.435. The van der Waals surface area contributed by atoms with Gasteiger partial charge in [0, 0.05) is 50.5 Å². The number of carbonyl (C=O) groups is 1. The van der Waals surface area contributed by atoms with Crippen LogP contribution in [0.25, 0.3) is 0 Å². The Morgan fingerprint density at radius 3 is 2.72 bits per heavy atom. The van der Waals surface area contributed by atoms with E-state index >= 15 is 0 Å². The Kier molecular flexibility index (Phi) is 6.02. The Labute approximate surface area is 172 Å². The largest absolute Gasteiger partial charge is 0.491 e. The van der Waals surface area contributed by atoms with Crippen LogP contribution < -0.4 is 15.0 Å². The van der Waals surface area contributed by atoms with Crippen molar-refractivity contribution in [2.75, 3.05) is 49.5 Å². The minimum absolute atomic E-state index is 0.0593. The van der Waals surface area contributed by atoms with Gasteiger partial charge in [-0.3, -0.25) is 9.69 Å². The molecule has 0 radical (unpaired) electrons. The zero-order valence-corrected chi connectivity index (χ0v) is 16.9. The number of amides is 1. The number of carbonyl (C=O) groups excluding carboxylic acids is 1. The summed E-state index contributed by atoms with van der Waals surface area (Å²) in [5, 5.41) is 13.3. The molecule has 1 saturated heterocycles. The molecule has 2 N–H and O–H groups in total. The maximum Gasteiger partial charge on any atom is 0.224 e. The first-order valence-corrected chi connectivity index (χ1v) is 10.3. The van der Waals surface area contributed by atoms with Crippen LogP contribution in [-0.2, 0) is 11.2 Å². The van der Waals surface area contributed by atoms with E-state index in [1.807, 2.05) is 18.2 Å². The van der Waals surface area contributed by atoms with Gasteiger partial charge in [0.05, 0.1) is 0 Å². The third-order valence-corrected chi connectivity index (χ3v) is 5.62. The summed E-state index contributed by atoms with van der Waals surface area (Å²) in [4.78, 5) is 16.1. The summed E-state index contributed by atoms with van der Waals surface area (Å²) >= 11 is 0. The molecule has 29 heavy (non-hydrogen) atoms. The van der Waals surface area contributed by atoms with Gasteiger partial charge in [-0.15, -0.1) is 0 Å². The van der Waals surface area contributed by atoms with Crippen LogP contribution in [-0.4, -0.2) is 61.3 Å². The Morgan fingerprint density at radius 1 is 1.10 bits per heavy atom. The van der Waals surface area contributed by atoms with Crippen molar-refractivity contribution in [1.29, 1.82) is 0 Å². The SMILES string of the molecule is Cc1cccc(N2CCN(CC(O)COc3ccc4c(c3)CCC(=O)N4)CC2)c1. The predicted octanol–water partition coefficient (Wildman–Crippen LogP) is 2.44. The maximum absolute atomic E-state index is 11.4. The molecule has 0 saturated carbocycles. The fourth-order valence-electron chi connectivity index (χ4n) is 4.01. The van der Waals surface area contributed by atoms with E-state index in [-0.39, 0.29) is 12.5 Å². The number of aliphatic hydroxyl groups is 1. The van der Waals surface area contributed by atoms with Crippen molar-refractivity contribution in [2.45, 2.75) is 25.9 Å². The summed E-state index contributed by atoms with van der Waals surface area (Å²) in [6.07, 6.45) is 0.705. The van der Waals surface area contributed by atoms with E-state index in [2.05, 4.69) is 46.3 Å². The van der Waals surface area contributed by atoms with E-state index in [0.29, 0.717) is 13.0 Å². The molecule has 2 aliphatic heterocycles. The first-order valence-electron chi connectivity index (χ1n) is 10.3. The predicted molar refractivity (Wildman–Crippen MR) is 115 cm³/mol. The molecule has 0 spiro atoms. The Bertz CT molecular complexity index is 862. The van der Waals surface area contributed by atoms with Crippen LogP contribution in [0.3, 0.4) is 0 Å². The minimum Gasteiger partial charge on any atom is -0.491 e. The average Bonchev–Trinajstić information content (AvgIpc) is 2.73. The molecule has 6 heteroatoms. The fourth-order valence-corrected chi connectivity index (χ4v) is 4.01. The number of benzene rings is 2. The molecule has 0 aliphatic carbocycles. The van der Waals surface area contributed by atoms with Gasteiger partial charge >= 0.3 is 0 Å². The van der Waals surface area contributed by atoms with Crippen molar-refractivity contribution in [2.24, 2.45) is 0 Å². The summed E-state index contributed by atoms with van der Waals surface area (Å²) in [7, 11) is 0. The van der Waals surface area contributed by atoms with Crippen molar-refractivity contribution in [3.8, 4) is 5.75 Å². The second kappa shape index (κ2) is 8.84. The summed E-state index contributed by atoms with van der Waals surface area (Å²) in [5.41, 5.74) is 4.50. The summed E-state index contributed by atoms with van der Waals surface area (Å²) in [6.45, 7) is 6.80. The Balaban J connectivity index is 1.22. The number of piperazine rings is 1. The first-order chi connectivity index (χ1) is 14.1. The molecule has 1 unspecified atom stereocenters. The highest BCUT2D eigenvalue weighted by atomic mass is 16.5. The zero-order chi connectivity index (χ0) is 20.2. The van der Waals surface area contributed by atoms with E-state index in [1.54, 1.807) is 0 Å². The Hall–Kier alpha value is -2.57. The second-order valence-corrected chi connectivity index (χ2v) is 7.96. The van der Waals surface area contributed by atoms with Crippen LogP contribution in [0, 0.1) is 6.92 Å². The highest BCUT2D eigenvalue weighted by molar-refractivity contribution is 5.93. The highest BCUT2D eigenvalue weighted by Crippen LogP contribution is 2.27. The van der Waals surface area contributed by atoms with Crippen LogP contribution in [0.2, 0.25) is 0 Å². The zero-order valence-electron chi connectivity index (χ0n) is 16.9. The number of rotatable bonds is 6. The number of hydrogen-bond acceptors (Lipinski definition) is 5. The van der Waals surface area contributed by atoms with Gasteiger partial charge in [-0.2, -0.15) is 0 Å². The monoisotopic (exact) mass is 395 g/mol. The number of nitrogens with zero attached hydrogens (tertiary/aromatic N) is 2. The summed E-state index contributed by atoms with van der Waals surface area (Å²) in [6, 6.07) is 14.3. The van der Waals surface area contributed by atoms with Crippen LogP contribution >= 0.6 is 0 Å². The number of anilines is 2. The molecule has 6 nitrogen and oxygen atoms in total. The number of ether oxygens (including phenoxy) is 1. The lowest BCUT2D eigenvalue weighted by atomic mass is 10.0. The molecule has 154 valence electrons. The first kappa shape index (κ1) is 19.7. The molecule has 2 aromatic carbocycles. The summed E-state index contributed by atoms with van der Waals surface area (Å²) in [5.74, 6) is 0.798. The quantitative estimate of drug-likeness (QED) is 0.787. The summed E-state index contributed by atoms with van der Waals surface area (Å²) < 4.78 is 5.81. The van der Waals surface area contributed by atoms with Gasteiger partial charge in [-0.25, -0.2) is 0 Å². The van der Waals surface area contributed by atoms with E-state index in [1.165, 1.54) is 11.3 Å². The van der Waals surface area contributed by atoms with Gasteiger partial charge in [0.1, 0.15) is 18.5 Å². The second-order valence-electron chi connectivity index (χ2n) is 7.96. The van der Waals surface area contributed by atoms with Crippen LogP contribution in [0.15, 0.2) is 42.5 Å². The van der Waals surface area contributed by atoms with Crippen molar-refractivity contribution < 1.29 is 14.6 Å². The van der Waals surface area contributed by atoms with Crippen molar-refractivity contribution in [3.05, 3.63) is 53.6 Å². The van der Waals surface area contributed by atoms with E-state index < -0.39 is 6.10 Å². The molecule has 4 rings (SSSR count). The lowest BCUT2D eigenvalue weighted by molar-refractivity contribution is -0.116. The number of nitrogens with one attached hydrogen (secondary N) is 1. The molecule has 2 aromatic rings. The maximum atomic E-state index is 11.4. The lowest BCUT2D eigenvalue weighted by Crippen LogP contribution is -2.49. The average molecular weight is 396 g/mol. The molecule has 1 fully saturated rings.